The molecule has 5 nitrogen and oxygen atoms in total. The van der Waals surface area contributed by atoms with Crippen molar-refractivity contribution in [2.75, 3.05) is 13.1 Å². The van der Waals surface area contributed by atoms with Gasteiger partial charge in [0.25, 0.3) is 0 Å². The molecule has 20 heavy (non-hydrogen) atoms. The van der Waals surface area contributed by atoms with Crippen molar-refractivity contribution >= 4 is 0 Å². The molecule has 4 rings (SSSR count). The van der Waals surface area contributed by atoms with Gasteiger partial charge in [-0.05, 0) is 32.0 Å². The van der Waals surface area contributed by atoms with Gasteiger partial charge in [0.15, 0.2) is 5.82 Å². The van der Waals surface area contributed by atoms with Gasteiger partial charge < -0.3 is 10.1 Å². The number of hydrogen-bond donors (Lipinski definition) is 1. The number of hydrogen-bond acceptors (Lipinski definition) is 4. The minimum Gasteiger partial charge on any atom is -0.369 e. The minimum absolute atomic E-state index is 0.489. The average Bonchev–Trinajstić information content (AvgIpc) is 2.84. The van der Waals surface area contributed by atoms with Gasteiger partial charge in [-0.25, -0.2) is 0 Å². The van der Waals surface area contributed by atoms with Crippen LogP contribution in [0.3, 0.4) is 0 Å². The van der Waals surface area contributed by atoms with Crippen LogP contribution >= 0.6 is 0 Å². The van der Waals surface area contributed by atoms with Crippen LogP contribution in [0.1, 0.15) is 36.0 Å². The van der Waals surface area contributed by atoms with Crippen molar-refractivity contribution in [3.63, 3.8) is 0 Å². The third kappa shape index (κ3) is 1.94. The summed E-state index contributed by atoms with van der Waals surface area (Å²) in [6, 6.07) is 8.39. The van der Waals surface area contributed by atoms with Gasteiger partial charge in [0, 0.05) is 11.5 Å². The SMILES string of the molecule is c1ccc2c(c1)COCc1nnc(C3CCNCC3)n1-2. The highest BCUT2D eigenvalue weighted by atomic mass is 16.5. The fraction of sp³-hybridized carbons (Fsp3) is 0.467. The molecule has 1 saturated heterocycles. The van der Waals surface area contributed by atoms with Crippen molar-refractivity contribution in [3.8, 4) is 5.69 Å². The van der Waals surface area contributed by atoms with E-state index < -0.39 is 0 Å². The Morgan fingerprint density at radius 3 is 2.85 bits per heavy atom. The maximum absolute atomic E-state index is 5.71. The lowest BCUT2D eigenvalue weighted by molar-refractivity contribution is 0.105. The predicted molar refractivity (Wildman–Crippen MR) is 74.7 cm³/mol. The first-order valence-electron chi connectivity index (χ1n) is 7.24. The number of nitrogens with one attached hydrogen (secondary N) is 1. The van der Waals surface area contributed by atoms with E-state index in [1.807, 2.05) is 0 Å². The molecule has 5 heteroatoms. The molecule has 0 amide bonds. The Morgan fingerprint density at radius 1 is 1.10 bits per heavy atom. The van der Waals surface area contributed by atoms with Gasteiger partial charge in [0.1, 0.15) is 12.4 Å². The Bertz CT molecular complexity index is 616. The number of rotatable bonds is 1. The molecule has 2 aromatic rings. The summed E-state index contributed by atoms with van der Waals surface area (Å²) in [7, 11) is 0. The fourth-order valence-corrected chi connectivity index (χ4v) is 3.13. The summed E-state index contributed by atoms with van der Waals surface area (Å²) in [6.07, 6.45) is 2.25. The number of benzene rings is 1. The lowest BCUT2D eigenvalue weighted by atomic mass is 9.97. The Kier molecular flexibility index (Phi) is 3.01. The molecule has 2 aliphatic rings. The van der Waals surface area contributed by atoms with Gasteiger partial charge in [0.2, 0.25) is 0 Å². The molecular formula is C15H18N4O. The minimum atomic E-state index is 0.489. The highest BCUT2D eigenvalue weighted by Crippen LogP contribution is 2.30. The first-order chi connectivity index (χ1) is 9.93. The van der Waals surface area contributed by atoms with Gasteiger partial charge in [0.05, 0.1) is 12.3 Å². The smallest absolute Gasteiger partial charge is 0.163 e. The molecule has 0 unspecified atom stereocenters. The normalized spacial score (nSPS) is 19.2. The summed E-state index contributed by atoms with van der Waals surface area (Å²) >= 11 is 0. The van der Waals surface area contributed by atoms with Crippen LogP contribution in [0.5, 0.6) is 0 Å². The van der Waals surface area contributed by atoms with E-state index in [0.29, 0.717) is 19.1 Å². The molecular weight excluding hydrogens is 252 g/mol. The maximum atomic E-state index is 5.71. The van der Waals surface area contributed by atoms with Crippen LogP contribution in [-0.2, 0) is 18.0 Å². The van der Waals surface area contributed by atoms with E-state index >= 15 is 0 Å². The van der Waals surface area contributed by atoms with E-state index in [1.165, 1.54) is 11.3 Å². The summed E-state index contributed by atoms with van der Waals surface area (Å²) in [6.45, 7) is 3.30. The van der Waals surface area contributed by atoms with Gasteiger partial charge in [-0.1, -0.05) is 18.2 Å². The Labute approximate surface area is 118 Å². The molecule has 1 aromatic carbocycles. The van der Waals surface area contributed by atoms with Crippen molar-refractivity contribution in [2.45, 2.75) is 32.0 Å². The third-order valence-corrected chi connectivity index (χ3v) is 4.18. The molecule has 0 spiro atoms. The van der Waals surface area contributed by atoms with Crippen molar-refractivity contribution in [2.24, 2.45) is 0 Å². The molecule has 0 atom stereocenters. The van der Waals surface area contributed by atoms with E-state index in [1.54, 1.807) is 0 Å². The van der Waals surface area contributed by atoms with Crippen LogP contribution in [0.2, 0.25) is 0 Å². The summed E-state index contributed by atoms with van der Waals surface area (Å²) in [4.78, 5) is 0. The van der Waals surface area contributed by atoms with Crippen molar-refractivity contribution < 1.29 is 4.74 Å². The Morgan fingerprint density at radius 2 is 1.95 bits per heavy atom. The molecule has 0 radical (unpaired) electrons. The first-order valence-corrected chi connectivity index (χ1v) is 7.24. The highest BCUT2D eigenvalue weighted by Gasteiger charge is 2.26. The quantitative estimate of drug-likeness (QED) is 0.858. The second kappa shape index (κ2) is 5.00. The fourth-order valence-electron chi connectivity index (χ4n) is 3.13. The Balaban J connectivity index is 1.84. The van der Waals surface area contributed by atoms with Crippen LogP contribution in [0.15, 0.2) is 24.3 Å². The number of aromatic nitrogens is 3. The van der Waals surface area contributed by atoms with E-state index in [-0.39, 0.29) is 0 Å². The Hall–Kier alpha value is -1.72. The second-order valence-corrected chi connectivity index (χ2v) is 5.46. The molecule has 2 aliphatic heterocycles. The lowest BCUT2D eigenvalue weighted by Gasteiger charge is -2.23. The summed E-state index contributed by atoms with van der Waals surface area (Å²) in [5.41, 5.74) is 2.39. The summed E-state index contributed by atoms with van der Waals surface area (Å²) < 4.78 is 7.93. The van der Waals surface area contributed by atoms with E-state index in [9.17, 15) is 0 Å². The number of fused-ring (bicyclic) bond motifs is 3. The van der Waals surface area contributed by atoms with Crippen LogP contribution in [0.25, 0.3) is 5.69 Å². The number of ether oxygens (including phenoxy) is 1. The van der Waals surface area contributed by atoms with Crippen LogP contribution in [-0.4, -0.2) is 27.9 Å². The molecule has 3 heterocycles. The average molecular weight is 270 g/mol. The zero-order chi connectivity index (χ0) is 13.4. The van der Waals surface area contributed by atoms with Crippen LogP contribution in [0, 0.1) is 0 Å². The molecule has 1 aromatic heterocycles. The molecule has 0 bridgehead atoms. The maximum Gasteiger partial charge on any atom is 0.163 e. The van der Waals surface area contributed by atoms with Crippen molar-refractivity contribution in [1.82, 2.24) is 20.1 Å². The summed E-state index contributed by atoms with van der Waals surface area (Å²) in [5.74, 6) is 2.51. The lowest BCUT2D eigenvalue weighted by Crippen LogP contribution is -2.28. The first kappa shape index (κ1) is 12.1. The molecule has 1 fully saturated rings. The predicted octanol–water partition coefficient (Wildman–Crippen LogP) is 1.76. The zero-order valence-electron chi connectivity index (χ0n) is 11.4. The third-order valence-electron chi connectivity index (χ3n) is 4.18. The molecule has 104 valence electrons. The van der Waals surface area contributed by atoms with E-state index in [4.69, 9.17) is 4.74 Å². The number of nitrogens with zero attached hydrogens (tertiary/aromatic N) is 3. The van der Waals surface area contributed by atoms with Gasteiger partial charge in [-0.15, -0.1) is 10.2 Å². The zero-order valence-corrected chi connectivity index (χ0v) is 11.4. The molecule has 0 saturated carbocycles. The van der Waals surface area contributed by atoms with Crippen LogP contribution < -0.4 is 5.32 Å². The van der Waals surface area contributed by atoms with E-state index in [0.717, 1.165) is 37.6 Å². The van der Waals surface area contributed by atoms with Crippen molar-refractivity contribution in [1.29, 1.82) is 0 Å². The topological polar surface area (TPSA) is 52.0 Å². The monoisotopic (exact) mass is 270 g/mol. The van der Waals surface area contributed by atoms with Gasteiger partial charge in [-0.3, -0.25) is 4.57 Å². The number of para-hydroxylation sites is 1. The van der Waals surface area contributed by atoms with E-state index in [2.05, 4.69) is 44.3 Å². The second-order valence-electron chi connectivity index (χ2n) is 5.46. The van der Waals surface area contributed by atoms with Gasteiger partial charge >= 0.3 is 0 Å². The highest BCUT2D eigenvalue weighted by molar-refractivity contribution is 5.43. The van der Waals surface area contributed by atoms with Gasteiger partial charge in [-0.2, -0.15) is 0 Å². The van der Waals surface area contributed by atoms with Crippen LogP contribution in [0.4, 0.5) is 0 Å². The molecule has 0 aliphatic carbocycles. The number of piperidine rings is 1. The largest absolute Gasteiger partial charge is 0.369 e. The molecule has 1 N–H and O–H groups in total. The standard InChI is InChI=1S/C15H18N4O/c1-2-4-13-12(3-1)9-20-10-14-17-18-15(19(13)14)11-5-7-16-8-6-11/h1-4,11,16H,5-10H2. The van der Waals surface area contributed by atoms with Crippen molar-refractivity contribution in [3.05, 3.63) is 41.5 Å². The summed E-state index contributed by atoms with van der Waals surface area (Å²) in [5, 5.41) is 12.2.